The Morgan fingerprint density at radius 3 is 2.83 bits per heavy atom. The first-order chi connectivity index (χ1) is 8.70. The summed E-state index contributed by atoms with van der Waals surface area (Å²) < 4.78 is 1.69. The molecule has 2 aromatic rings. The van der Waals surface area contributed by atoms with Crippen LogP contribution in [-0.4, -0.2) is 26.7 Å². The molecule has 0 spiro atoms. The van der Waals surface area contributed by atoms with Gasteiger partial charge in [-0.2, -0.15) is 4.98 Å². The summed E-state index contributed by atoms with van der Waals surface area (Å²) in [6.45, 7) is 0. The van der Waals surface area contributed by atoms with Crippen molar-refractivity contribution in [3.63, 3.8) is 0 Å². The Bertz CT molecular complexity index is 544. The van der Waals surface area contributed by atoms with E-state index in [1.165, 1.54) is 0 Å². The molecule has 0 bridgehead atoms. The maximum Gasteiger partial charge on any atom is 0.243 e. The monoisotopic (exact) mass is 265 g/mol. The van der Waals surface area contributed by atoms with Crippen LogP contribution in [0, 0.1) is 0 Å². The van der Waals surface area contributed by atoms with Crippen molar-refractivity contribution in [3.8, 4) is 0 Å². The van der Waals surface area contributed by atoms with Crippen LogP contribution in [0.2, 0.25) is 5.02 Å². The van der Waals surface area contributed by atoms with Crippen molar-refractivity contribution < 1.29 is 0 Å². The second kappa shape index (κ2) is 4.74. The highest BCUT2D eigenvalue weighted by atomic mass is 35.5. The molecule has 2 heterocycles. The zero-order valence-electron chi connectivity index (χ0n) is 10.0. The Morgan fingerprint density at radius 1 is 1.28 bits per heavy atom. The summed E-state index contributed by atoms with van der Waals surface area (Å²) in [4.78, 5) is 4.42. The van der Waals surface area contributed by atoms with Crippen LogP contribution in [0.3, 0.4) is 0 Å². The van der Waals surface area contributed by atoms with E-state index in [4.69, 9.17) is 17.3 Å². The van der Waals surface area contributed by atoms with Gasteiger partial charge in [0.15, 0.2) is 5.65 Å². The van der Waals surface area contributed by atoms with Crippen LogP contribution in [-0.2, 0) is 0 Å². The average Bonchev–Trinajstić information content (AvgIpc) is 2.73. The van der Waals surface area contributed by atoms with Crippen molar-refractivity contribution in [1.29, 1.82) is 0 Å². The van der Waals surface area contributed by atoms with E-state index in [2.05, 4.69) is 15.4 Å². The quantitative estimate of drug-likeness (QED) is 0.872. The summed E-state index contributed by atoms with van der Waals surface area (Å²) in [5.74, 6) is 0.665. The Labute approximate surface area is 110 Å². The lowest BCUT2D eigenvalue weighted by molar-refractivity contribution is 0.410. The number of nitrogens with zero attached hydrogens (tertiary/aromatic N) is 3. The first kappa shape index (κ1) is 11.7. The number of fused-ring (bicyclic) bond motifs is 1. The van der Waals surface area contributed by atoms with Crippen LogP contribution in [0.5, 0.6) is 0 Å². The molecule has 0 amide bonds. The molecule has 0 saturated heterocycles. The van der Waals surface area contributed by atoms with E-state index in [-0.39, 0.29) is 0 Å². The second-order valence-electron chi connectivity index (χ2n) is 4.84. The number of nitrogens with one attached hydrogen (secondary N) is 1. The van der Waals surface area contributed by atoms with Crippen molar-refractivity contribution in [2.45, 2.75) is 37.8 Å². The number of pyridine rings is 1. The summed E-state index contributed by atoms with van der Waals surface area (Å²) in [5.41, 5.74) is 6.69. The fourth-order valence-corrected chi connectivity index (χ4v) is 2.52. The highest BCUT2D eigenvalue weighted by molar-refractivity contribution is 6.30. The molecule has 0 unspecified atom stereocenters. The van der Waals surface area contributed by atoms with Crippen LogP contribution in [0.4, 0.5) is 5.95 Å². The molecule has 2 aromatic heterocycles. The smallest absolute Gasteiger partial charge is 0.243 e. The molecule has 0 radical (unpaired) electrons. The number of hydrogen-bond acceptors (Lipinski definition) is 4. The van der Waals surface area contributed by atoms with Gasteiger partial charge in [-0.15, -0.1) is 5.10 Å². The van der Waals surface area contributed by atoms with E-state index in [1.807, 2.05) is 12.1 Å². The maximum absolute atomic E-state index is 5.91. The van der Waals surface area contributed by atoms with E-state index in [1.54, 1.807) is 10.7 Å². The molecule has 1 aliphatic rings. The van der Waals surface area contributed by atoms with Gasteiger partial charge in [-0.1, -0.05) is 11.6 Å². The highest BCUT2D eigenvalue weighted by Gasteiger charge is 2.19. The van der Waals surface area contributed by atoms with Gasteiger partial charge in [-0.05, 0) is 37.8 Å². The Morgan fingerprint density at radius 2 is 2.06 bits per heavy atom. The minimum Gasteiger partial charge on any atom is -0.350 e. The Balaban J connectivity index is 1.74. The van der Waals surface area contributed by atoms with E-state index in [0.29, 0.717) is 23.1 Å². The number of halogens is 1. The highest BCUT2D eigenvalue weighted by Crippen LogP contribution is 2.20. The SMILES string of the molecule is NC1CCC(Nc2nc3ccc(Cl)cn3n2)CC1. The predicted octanol–water partition coefficient (Wildman–Crippen LogP) is 2.06. The zero-order chi connectivity index (χ0) is 12.5. The molecule has 96 valence electrons. The third-order valence-electron chi connectivity index (χ3n) is 3.40. The number of aromatic nitrogens is 3. The molecule has 0 atom stereocenters. The fraction of sp³-hybridized carbons (Fsp3) is 0.500. The second-order valence-corrected chi connectivity index (χ2v) is 5.28. The minimum atomic E-state index is 0.357. The average molecular weight is 266 g/mol. The summed E-state index contributed by atoms with van der Waals surface area (Å²) in [7, 11) is 0. The van der Waals surface area contributed by atoms with Crippen LogP contribution in [0.1, 0.15) is 25.7 Å². The van der Waals surface area contributed by atoms with Crippen LogP contribution in [0.25, 0.3) is 5.65 Å². The molecule has 1 aliphatic carbocycles. The number of anilines is 1. The molecule has 1 saturated carbocycles. The lowest BCUT2D eigenvalue weighted by Gasteiger charge is -2.26. The predicted molar refractivity (Wildman–Crippen MR) is 71.9 cm³/mol. The molecule has 0 aromatic carbocycles. The van der Waals surface area contributed by atoms with Crippen molar-refractivity contribution in [3.05, 3.63) is 23.4 Å². The summed E-state index contributed by atoms with van der Waals surface area (Å²) >= 11 is 5.91. The maximum atomic E-state index is 5.91. The molecular weight excluding hydrogens is 250 g/mol. The van der Waals surface area contributed by atoms with Gasteiger partial charge in [0.25, 0.3) is 0 Å². The van der Waals surface area contributed by atoms with Crippen LogP contribution in [0.15, 0.2) is 18.3 Å². The molecular formula is C12H16ClN5. The van der Waals surface area contributed by atoms with Gasteiger partial charge in [-0.25, -0.2) is 4.52 Å². The fourth-order valence-electron chi connectivity index (χ4n) is 2.37. The van der Waals surface area contributed by atoms with Crippen LogP contribution < -0.4 is 11.1 Å². The third-order valence-corrected chi connectivity index (χ3v) is 3.62. The Kier molecular flexibility index (Phi) is 3.09. The lowest BCUT2D eigenvalue weighted by Crippen LogP contribution is -2.33. The van der Waals surface area contributed by atoms with E-state index < -0.39 is 0 Å². The van der Waals surface area contributed by atoms with E-state index in [0.717, 1.165) is 31.3 Å². The van der Waals surface area contributed by atoms with Gasteiger partial charge in [0, 0.05) is 18.3 Å². The topological polar surface area (TPSA) is 68.2 Å². The number of hydrogen-bond donors (Lipinski definition) is 2. The van der Waals surface area contributed by atoms with Gasteiger partial charge in [-0.3, -0.25) is 0 Å². The normalized spacial score (nSPS) is 24.3. The van der Waals surface area contributed by atoms with Crippen molar-refractivity contribution in [2.75, 3.05) is 5.32 Å². The first-order valence-electron chi connectivity index (χ1n) is 6.25. The zero-order valence-corrected chi connectivity index (χ0v) is 10.8. The van der Waals surface area contributed by atoms with Crippen LogP contribution >= 0.6 is 11.6 Å². The minimum absolute atomic E-state index is 0.357. The van der Waals surface area contributed by atoms with Gasteiger partial charge < -0.3 is 11.1 Å². The number of rotatable bonds is 2. The molecule has 3 rings (SSSR count). The lowest BCUT2D eigenvalue weighted by atomic mass is 9.92. The van der Waals surface area contributed by atoms with E-state index in [9.17, 15) is 0 Å². The summed E-state index contributed by atoms with van der Waals surface area (Å²) in [5, 5.41) is 8.39. The molecule has 0 aliphatic heterocycles. The molecule has 6 heteroatoms. The van der Waals surface area contributed by atoms with Gasteiger partial charge in [0.05, 0.1) is 5.02 Å². The van der Waals surface area contributed by atoms with Crippen molar-refractivity contribution in [2.24, 2.45) is 5.73 Å². The van der Waals surface area contributed by atoms with Gasteiger partial charge in [0.2, 0.25) is 5.95 Å². The first-order valence-corrected chi connectivity index (χ1v) is 6.62. The van der Waals surface area contributed by atoms with Crippen molar-refractivity contribution >= 4 is 23.2 Å². The molecule has 5 nitrogen and oxygen atoms in total. The standard InChI is InChI=1S/C12H16ClN5/c13-8-1-6-11-16-12(17-18(11)7-8)15-10-4-2-9(14)3-5-10/h1,6-7,9-10H,2-5,14H2,(H,15,17). The third kappa shape index (κ3) is 2.42. The van der Waals surface area contributed by atoms with Gasteiger partial charge in [0.1, 0.15) is 0 Å². The summed E-state index contributed by atoms with van der Waals surface area (Å²) in [6.07, 6.45) is 6.05. The number of nitrogens with two attached hydrogens (primary N) is 1. The summed E-state index contributed by atoms with van der Waals surface area (Å²) in [6, 6.07) is 4.46. The largest absolute Gasteiger partial charge is 0.350 e. The molecule has 3 N–H and O–H groups in total. The van der Waals surface area contributed by atoms with E-state index >= 15 is 0 Å². The van der Waals surface area contributed by atoms with Crippen molar-refractivity contribution in [1.82, 2.24) is 14.6 Å². The Hall–Kier alpha value is -1.33. The van der Waals surface area contributed by atoms with Gasteiger partial charge >= 0.3 is 0 Å². The molecule has 1 fully saturated rings. The molecule has 18 heavy (non-hydrogen) atoms.